The Kier molecular flexibility index (Phi) is 1.66. The molecule has 0 N–H and O–H groups in total. The SMILES string of the molecule is C=CN1C(=O)N(C)CC1C. The molecule has 0 aromatic heterocycles. The molecule has 1 aliphatic heterocycles. The number of likely N-dealkylation sites (N-methyl/N-ethyl adjacent to an activating group) is 1. The number of hydrogen-bond donors (Lipinski definition) is 0. The zero-order chi connectivity index (χ0) is 7.72. The topological polar surface area (TPSA) is 23.6 Å². The zero-order valence-electron chi connectivity index (χ0n) is 6.37. The first-order valence-corrected chi connectivity index (χ1v) is 3.33. The summed E-state index contributed by atoms with van der Waals surface area (Å²) in [5.41, 5.74) is 0. The molecule has 3 heteroatoms. The standard InChI is InChI=1S/C7H12N2O/c1-4-9-6(2)5-8(3)7(9)10/h4,6H,1,5H2,2-3H3. The van der Waals surface area contributed by atoms with Crippen molar-refractivity contribution in [1.82, 2.24) is 9.80 Å². The summed E-state index contributed by atoms with van der Waals surface area (Å²) < 4.78 is 0. The molecule has 1 fully saturated rings. The van der Waals surface area contributed by atoms with E-state index in [0.717, 1.165) is 6.54 Å². The summed E-state index contributed by atoms with van der Waals surface area (Å²) in [6.07, 6.45) is 1.58. The van der Waals surface area contributed by atoms with E-state index in [-0.39, 0.29) is 12.1 Å². The molecule has 1 unspecified atom stereocenters. The van der Waals surface area contributed by atoms with Gasteiger partial charge in [0.05, 0.1) is 6.04 Å². The minimum absolute atomic E-state index is 0.0440. The highest BCUT2D eigenvalue weighted by molar-refractivity contribution is 5.77. The average molecular weight is 140 g/mol. The van der Waals surface area contributed by atoms with Crippen LogP contribution in [0, 0.1) is 0 Å². The maximum absolute atomic E-state index is 11.1. The largest absolute Gasteiger partial charge is 0.325 e. The van der Waals surface area contributed by atoms with Crippen molar-refractivity contribution in [2.45, 2.75) is 13.0 Å². The molecule has 0 saturated carbocycles. The van der Waals surface area contributed by atoms with Gasteiger partial charge in [-0.1, -0.05) is 6.58 Å². The number of hydrogen-bond acceptors (Lipinski definition) is 1. The number of rotatable bonds is 1. The fourth-order valence-electron chi connectivity index (χ4n) is 1.21. The van der Waals surface area contributed by atoms with Crippen LogP contribution in [0.2, 0.25) is 0 Å². The Morgan fingerprint density at radius 3 is 2.60 bits per heavy atom. The second kappa shape index (κ2) is 2.33. The van der Waals surface area contributed by atoms with Crippen LogP contribution in [0.25, 0.3) is 0 Å². The van der Waals surface area contributed by atoms with E-state index in [9.17, 15) is 4.79 Å². The molecular formula is C7H12N2O. The first kappa shape index (κ1) is 7.12. The third kappa shape index (κ3) is 0.875. The molecule has 1 rings (SSSR count). The maximum Gasteiger partial charge on any atom is 0.324 e. The van der Waals surface area contributed by atoms with Gasteiger partial charge >= 0.3 is 6.03 Å². The van der Waals surface area contributed by atoms with Gasteiger partial charge in [0, 0.05) is 19.8 Å². The summed E-state index contributed by atoms with van der Waals surface area (Å²) in [6.45, 7) is 6.36. The van der Waals surface area contributed by atoms with Gasteiger partial charge in [-0.15, -0.1) is 0 Å². The van der Waals surface area contributed by atoms with E-state index in [1.165, 1.54) is 0 Å². The third-order valence-corrected chi connectivity index (χ3v) is 1.76. The van der Waals surface area contributed by atoms with E-state index in [1.807, 2.05) is 6.92 Å². The normalized spacial score (nSPS) is 25.8. The summed E-state index contributed by atoms with van der Waals surface area (Å²) in [4.78, 5) is 14.5. The molecule has 0 spiro atoms. The lowest BCUT2D eigenvalue weighted by molar-refractivity contribution is 0.207. The fraction of sp³-hybridized carbons (Fsp3) is 0.571. The Balaban J connectivity index is 2.73. The lowest BCUT2D eigenvalue weighted by Gasteiger charge is -2.12. The van der Waals surface area contributed by atoms with Crippen LogP contribution in [0.1, 0.15) is 6.92 Å². The first-order valence-electron chi connectivity index (χ1n) is 3.33. The monoisotopic (exact) mass is 140 g/mol. The van der Waals surface area contributed by atoms with Crippen LogP contribution in [-0.2, 0) is 0 Å². The lowest BCUT2D eigenvalue weighted by Crippen LogP contribution is -2.27. The smallest absolute Gasteiger partial charge is 0.324 e. The fourth-order valence-corrected chi connectivity index (χ4v) is 1.21. The summed E-state index contributed by atoms with van der Waals surface area (Å²) in [7, 11) is 1.79. The predicted molar refractivity (Wildman–Crippen MR) is 39.5 cm³/mol. The molecule has 1 saturated heterocycles. The molecule has 0 aromatic carbocycles. The summed E-state index contributed by atoms with van der Waals surface area (Å²) in [5, 5.41) is 0. The summed E-state index contributed by atoms with van der Waals surface area (Å²) in [6, 6.07) is 0.317. The molecule has 3 nitrogen and oxygen atoms in total. The second-order valence-electron chi connectivity index (χ2n) is 2.60. The molecule has 10 heavy (non-hydrogen) atoms. The zero-order valence-corrected chi connectivity index (χ0v) is 6.37. The van der Waals surface area contributed by atoms with Crippen molar-refractivity contribution >= 4 is 6.03 Å². The molecule has 1 heterocycles. The highest BCUT2D eigenvalue weighted by atomic mass is 16.2. The van der Waals surface area contributed by atoms with E-state index < -0.39 is 0 Å². The Labute approximate surface area is 60.9 Å². The van der Waals surface area contributed by atoms with Crippen LogP contribution >= 0.6 is 0 Å². The van der Waals surface area contributed by atoms with Crippen LogP contribution < -0.4 is 0 Å². The molecule has 0 aromatic rings. The number of nitrogens with zero attached hydrogens (tertiary/aromatic N) is 2. The van der Waals surface area contributed by atoms with Gasteiger partial charge in [-0.2, -0.15) is 0 Å². The van der Waals surface area contributed by atoms with Crippen molar-refractivity contribution in [3.63, 3.8) is 0 Å². The predicted octanol–water partition coefficient (Wildman–Crippen LogP) is 0.886. The molecule has 0 bridgehead atoms. The number of carbonyl (C=O) groups is 1. The highest BCUT2D eigenvalue weighted by Crippen LogP contribution is 2.12. The molecule has 1 aliphatic rings. The number of urea groups is 1. The van der Waals surface area contributed by atoms with Gasteiger partial charge in [-0.3, -0.25) is 4.90 Å². The Morgan fingerprint density at radius 2 is 2.40 bits per heavy atom. The number of amides is 2. The van der Waals surface area contributed by atoms with E-state index in [1.54, 1.807) is 23.0 Å². The molecule has 0 radical (unpaired) electrons. The molecule has 2 amide bonds. The Hall–Kier alpha value is -0.990. The van der Waals surface area contributed by atoms with E-state index in [4.69, 9.17) is 0 Å². The van der Waals surface area contributed by atoms with Crippen molar-refractivity contribution < 1.29 is 4.79 Å². The van der Waals surface area contributed by atoms with Gasteiger partial charge in [0.15, 0.2) is 0 Å². The highest BCUT2D eigenvalue weighted by Gasteiger charge is 2.29. The van der Waals surface area contributed by atoms with Crippen molar-refractivity contribution in [2.75, 3.05) is 13.6 Å². The van der Waals surface area contributed by atoms with Crippen molar-refractivity contribution in [1.29, 1.82) is 0 Å². The summed E-state index contributed by atoms with van der Waals surface area (Å²) in [5.74, 6) is 0. The van der Waals surface area contributed by atoms with Crippen molar-refractivity contribution in [3.05, 3.63) is 12.8 Å². The van der Waals surface area contributed by atoms with Crippen LogP contribution in [0.5, 0.6) is 0 Å². The van der Waals surface area contributed by atoms with E-state index in [2.05, 4.69) is 6.58 Å². The molecule has 0 aliphatic carbocycles. The van der Waals surface area contributed by atoms with Gasteiger partial charge in [0.2, 0.25) is 0 Å². The summed E-state index contributed by atoms with van der Waals surface area (Å²) >= 11 is 0. The van der Waals surface area contributed by atoms with Crippen LogP contribution in [-0.4, -0.2) is 35.5 Å². The van der Waals surface area contributed by atoms with Crippen molar-refractivity contribution in [2.24, 2.45) is 0 Å². The second-order valence-corrected chi connectivity index (χ2v) is 2.60. The molecule has 56 valence electrons. The Bertz CT molecular complexity index is 167. The van der Waals surface area contributed by atoms with Gasteiger partial charge in [0.25, 0.3) is 0 Å². The Morgan fingerprint density at radius 1 is 1.80 bits per heavy atom. The third-order valence-electron chi connectivity index (χ3n) is 1.76. The van der Waals surface area contributed by atoms with E-state index >= 15 is 0 Å². The molecular weight excluding hydrogens is 128 g/mol. The van der Waals surface area contributed by atoms with Gasteiger partial charge in [-0.25, -0.2) is 4.79 Å². The van der Waals surface area contributed by atoms with Crippen LogP contribution in [0.4, 0.5) is 4.79 Å². The van der Waals surface area contributed by atoms with Crippen LogP contribution in [0.3, 0.4) is 0 Å². The van der Waals surface area contributed by atoms with Crippen LogP contribution in [0.15, 0.2) is 12.8 Å². The van der Waals surface area contributed by atoms with Gasteiger partial charge in [-0.05, 0) is 6.92 Å². The minimum Gasteiger partial charge on any atom is -0.325 e. The number of carbonyl (C=O) groups excluding carboxylic acids is 1. The van der Waals surface area contributed by atoms with E-state index in [0.29, 0.717) is 0 Å². The van der Waals surface area contributed by atoms with Gasteiger partial charge < -0.3 is 4.90 Å². The maximum atomic E-state index is 11.1. The first-order chi connectivity index (χ1) is 4.66. The quantitative estimate of drug-likeness (QED) is 0.530. The lowest BCUT2D eigenvalue weighted by atomic mass is 10.3. The van der Waals surface area contributed by atoms with Gasteiger partial charge in [0.1, 0.15) is 0 Å². The molecule has 1 atom stereocenters. The minimum atomic E-state index is 0.0440. The average Bonchev–Trinajstić information content (AvgIpc) is 2.09. The van der Waals surface area contributed by atoms with Crippen molar-refractivity contribution in [3.8, 4) is 0 Å².